The van der Waals surface area contributed by atoms with Gasteiger partial charge in [0.05, 0.1) is 18.8 Å². The summed E-state index contributed by atoms with van der Waals surface area (Å²) in [5.41, 5.74) is 0.507. The highest BCUT2D eigenvalue weighted by Gasteiger charge is 2.18. The molecule has 7 nitrogen and oxygen atoms in total. The van der Waals surface area contributed by atoms with E-state index < -0.39 is 15.9 Å². The Balaban J connectivity index is 2.67. The molecule has 0 radical (unpaired) electrons. The van der Waals surface area contributed by atoms with Gasteiger partial charge >= 0.3 is 0 Å². The van der Waals surface area contributed by atoms with E-state index in [1.165, 1.54) is 13.2 Å². The van der Waals surface area contributed by atoms with Gasteiger partial charge in [0.25, 0.3) is 0 Å². The first-order valence-electron chi connectivity index (χ1n) is 6.59. The normalized spacial score (nSPS) is 11.1. The quantitative estimate of drug-likeness (QED) is 0.564. The number of rotatable bonds is 9. The minimum absolute atomic E-state index is 0.122. The zero-order valence-electron chi connectivity index (χ0n) is 12.2. The van der Waals surface area contributed by atoms with E-state index in [9.17, 15) is 13.2 Å². The molecule has 0 aliphatic carbocycles. The minimum atomic E-state index is -3.74. The lowest BCUT2D eigenvalue weighted by Crippen LogP contribution is -2.38. The molecule has 0 spiro atoms. The average Bonchev–Trinajstić information content (AvgIpc) is 2.46. The first-order chi connectivity index (χ1) is 10.0. The predicted octanol–water partition coefficient (Wildman–Crippen LogP) is 0.159. The first-order valence-corrected chi connectivity index (χ1v) is 8.07. The van der Waals surface area contributed by atoms with Crippen molar-refractivity contribution in [2.45, 2.75) is 11.8 Å². The molecule has 21 heavy (non-hydrogen) atoms. The van der Waals surface area contributed by atoms with Gasteiger partial charge in [-0.1, -0.05) is 12.1 Å². The lowest BCUT2D eigenvalue weighted by atomic mass is 10.3. The van der Waals surface area contributed by atoms with Crippen LogP contribution in [0.4, 0.5) is 5.69 Å². The molecule has 1 rings (SSSR count). The van der Waals surface area contributed by atoms with Gasteiger partial charge in [-0.05, 0) is 19.1 Å². The van der Waals surface area contributed by atoms with Crippen LogP contribution in [0.2, 0.25) is 0 Å². The van der Waals surface area contributed by atoms with Crippen LogP contribution in [-0.4, -0.2) is 47.7 Å². The van der Waals surface area contributed by atoms with E-state index in [4.69, 9.17) is 4.74 Å². The van der Waals surface area contributed by atoms with Crippen LogP contribution in [-0.2, 0) is 19.6 Å². The van der Waals surface area contributed by atoms with Crippen molar-refractivity contribution in [1.29, 1.82) is 0 Å². The van der Waals surface area contributed by atoms with Gasteiger partial charge in [0.15, 0.2) is 0 Å². The molecule has 0 heterocycles. The van der Waals surface area contributed by atoms with Crippen molar-refractivity contribution in [3.63, 3.8) is 0 Å². The van der Waals surface area contributed by atoms with E-state index in [0.717, 1.165) is 0 Å². The molecule has 0 fully saturated rings. The van der Waals surface area contributed by atoms with Crippen LogP contribution >= 0.6 is 0 Å². The molecule has 0 aromatic heterocycles. The monoisotopic (exact) mass is 315 g/mol. The molecule has 0 saturated heterocycles. The van der Waals surface area contributed by atoms with Crippen molar-refractivity contribution in [1.82, 2.24) is 10.0 Å². The molecule has 118 valence electrons. The zero-order valence-corrected chi connectivity index (χ0v) is 13.0. The number of benzene rings is 1. The number of hydrogen-bond acceptors (Lipinski definition) is 5. The highest BCUT2D eigenvalue weighted by Crippen LogP contribution is 2.19. The number of sulfonamides is 1. The van der Waals surface area contributed by atoms with E-state index in [-0.39, 0.29) is 11.4 Å². The van der Waals surface area contributed by atoms with E-state index in [2.05, 4.69) is 15.4 Å². The standard InChI is InChI=1S/C13H21N3O4S/c1-3-14-11-6-4-5-7-12(11)21(18,19)16-10-13(17)15-8-9-20-2/h4-7,14,16H,3,8-10H2,1-2H3,(H,15,17). The molecule has 0 aliphatic rings. The number of ether oxygens (including phenoxy) is 1. The third kappa shape index (κ3) is 5.70. The van der Waals surface area contributed by atoms with Crippen molar-refractivity contribution in [3.05, 3.63) is 24.3 Å². The number of carbonyl (C=O) groups excluding carboxylic acids is 1. The number of hydrogen-bond donors (Lipinski definition) is 3. The fourth-order valence-electron chi connectivity index (χ4n) is 1.63. The number of methoxy groups -OCH3 is 1. The maximum Gasteiger partial charge on any atom is 0.243 e. The fraction of sp³-hybridized carbons (Fsp3) is 0.462. The Morgan fingerprint density at radius 2 is 2.00 bits per heavy atom. The Hall–Kier alpha value is -1.64. The van der Waals surface area contributed by atoms with Crippen LogP contribution in [0.15, 0.2) is 29.2 Å². The highest BCUT2D eigenvalue weighted by molar-refractivity contribution is 7.89. The van der Waals surface area contributed by atoms with Gasteiger partial charge in [-0.15, -0.1) is 0 Å². The summed E-state index contributed by atoms with van der Waals surface area (Å²) < 4.78 is 31.5. The van der Waals surface area contributed by atoms with E-state index in [1.54, 1.807) is 18.2 Å². The van der Waals surface area contributed by atoms with E-state index in [0.29, 0.717) is 25.4 Å². The summed E-state index contributed by atoms with van der Waals surface area (Å²) in [7, 11) is -2.22. The average molecular weight is 315 g/mol. The molecule has 3 N–H and O–H groups in total. The van der Waals surface area contributed by atoms with Gasteiger partial charge < -0.3 is 15.4 Å². The van der Waals surface area contributed by atoms with Crippen LogP contribution < -0.4 is 15.4 Å². The molecule has 0 bridgehead atoms. The fourth-order valence-corrected chi connectivity index (χ4v) is 2.79. The molecular formula is C13H21N3O4S. The molecule has 8 heteroatoms. The van der Waals surface area contributed by atoms with E-state index in [1.807, 2.05) is 6.92 Å². The van der Waals surface area contributed by atoms with Gasteiger partial charge in [-0.3, -0.25) is 4.79 Å². The molecular weight excluding hydrogens is 294 g/mol. The van der Waals surface area contributed by atoms with Crippen molar-refractivity contribution >= 4 is 21.6 Å². The van der Waals surface area contributed by atoms with Gasteiger partial charge in [0, 0.05) is 20.2 Å². The molecule has 0 aliphatic heterocycles. The lowest BCUT2D eigenvalue weighted by Gasteiger charge is -2.12. The minimum Gasteiger partial charge on any atom is -0.384 e. The summed E-state index contributed by atoms with van der Waals surface area (Å²) in [4.78, 5) is 11.6. The van der Waals surface area contributed by atoms with Crippen LogP contribution in [0, 0.1) is 0 Å². The Morgan fingerprint density at radius 3 is 2.67 bits per heavy atom. The summed E-state index contributed by atoms with van der Waals surface area (Å²) in [5.74, 6) is -0.406. The Morgan fingerprint density at radius 1 is 1.29 bits per heavy atom. The Labute approximate surface area is 125 Å². The Kier molecular flexibility index (Phi) is 7.13. The third-order valence-electron chi connectivity index (χ3n) is 2.59. The molecule has 1 aromatic carbocycles. The third-order valence-corrected chi connectivity index (χ3v) is 4.05. The van der Waals surface area contributed by atoms with Crippen molar-refractivity contribution < 1.29 is 17.9 Å². The molecule has 0 saturated carbocycles. The van der Waals surface area contributed by atoms with Crippen LogP contribution in [0.1, 0.15) is 6.92 Å². The maximum atomic E-state index is 12.2. The summed E-state index contributed by atoms with van der Waals surface area (Å²) in [6, 6.07) is 6.54. The van der Waals surface area contributed by atoms with Crippen LogP contribution in [0.3, 0.4) is 0 Å². The summed E-state index contributed by atoms with van der Waals surface area (Å²) in [6.07, 6.45) is 0. The largest absolute Gasteiger partial charge is 0.384 e. The number of amides is 1. The van der Waals surface area contributed by atoms with Crippen molar-refractivity contribution in [2.24, 2.45) is 0 Å². The number of anilines is 1. The lowest BCUT2D eigenvalue weighted by molar-refractivity contribution is -0.120. The number of para-hydroxylation sites is 1. The second-order valence-electron chi connectivity index (χ2n) is 4.19. The topological polar surface area (TPSA) is 96.5 Å². The Bertz CT molecular complexity index is 560. The first kappa shape index (κ1) is 17.4. The highest BCUT2D eigenvalue weighted by atomic mass is 32.2. The number of carbonyl (C=O) groups is 1. The molecule has 1 aromatic rings. The summed E-state index contributed by atoms with van der Waals surface area (Å²) >= 11 is 0. The molecule has 0 atom stereocenters. The van der Waals surface area contributed by atoms with Gasteiger partial charge in [0.2, 0.25) is 15.9 Å². The van der Waals surface area contributed by atoms with Gasteiger partial charge in [-0.25, -0.2) is 13.1 Å². The SMILES string of the molecule is CCNc1ccccc1S(=O)(=O)NCC(=O)NCCOC. The van der Waals surface area contributed by atoms with Crippen molar-refractivity contribution in [3.8, 4) is 0 Å². The number of nitrogens with one attached hydrogen (secondary N) is 3. The smallest absolute Gasteiger partial charge is 0.243 e. The second kappa shape index (κ2) is 8.60. The maximum absolute atomic E-state index is 12.2. The zero-order chi connectivity index (χ0) is 15.7. The van der Waals surface area contributed by atoms with E-state index >= 15 is 0 Å². The molecule has 1 amide bonds. The summed E-state index contributed by atoms with van der Waals surface area (Å²) in [6.45, 7) is 2.88. The van der Waals surface area contributed by atoms with Gasteiger partial charge in [0.1, 0.15) is 4.90 Å². The summed E-state index contributed by atoms with van der Waals surface area (Å²) in [5, 5.41) is 5.52. The second-order valence-corrected chi connectivity index (χ2v) is 5.93. The van der Waals surface area contributed by atoms with Crippen LogP contribution in [0.5, 0.6) is 0 Å². The molecule has 0 unspecified atom stereocenters. The van der Waals surface area contributed by atoms with Gasteiger partial charge in [-0.2, -0.15) is 0 Å². The predicted molar refractivity (Wildman–Crippen MR) is 80.7 cm³/mol. The van der Waals surface area contributed by atoms with Crippen molar-refractivity contribution in [2.75, 3.05) is 38.7 Å². The van der Waals surface area contributed by atoms with Crippen LogP contribution in [0.25, 0.3) is 0 Å².